The Balaban J connectivity index is 1.90. The van der Waals surface area contributed by atoms with E-state index in [4.69, 9.17) is 4.74 Å². The number of phenols is 1. The molecule has 1 atom stereocenters. The maximum absolute atomic E-state index is 11.9. The summed E-state index contributed by atoms with van der Waals surface area (Å²) in [6.45, 7) is 2.04. The van der Waals surface area contributed by atoms with Gasteiger partial charge in [-0.05, 0) is 18.7 Å². The van der Waals surface area contributed by atoms with E-state index in [0.29, 0.717) is 18.8 Å². The molecule has 2 heterocycles. The van der Waals surface area contributed by atoms with Crippen molar-refractivity contribution >= 4 is 11.8 Å². The molecule has 2 fully saturated rings. The molecule has 17 heavy (non-hydrogen) atoms. The third-order valence-corrected chi connectivity index (χ3v) is 3.35. The van der Waals surface area contributed by atoms with Crippen molar-refractivity contribution in [3.63, 3.8) is 0 Å². The topological polar surface area (TPSA) is 61.8 Å². The standard InChI is InChI=1S/C12H14N2O3/c15-10-4-2-1-3-9(10)14-8-12(17-11(14)16)5-6-13-7-12/h1-4,13,15H,5-8H2. The summed E-state index contributed by atoms with van der Waals surface area (Å²) in [6.07, 6.45) is 0.443. The van der Waals surface area contributed by atoms with E-state index in [9.17, 15) is 9.90 Å². The molecule has 0 aromatic heterocycles. The van der Waals surface area contributed by atoms with Gasteiger partial charge < -0.3 is 15.2 Å². The van der Waals surface area contributed by atoms with Crippen LogP contribution in [-0.2, 0) is 4.74 Å². The number of nitrogens with one attached hydrogen (secondary N) is 1. The predicted octanol–water partition coefficient (Wildman–Crippen LogP) is 1.08. The SMILES string of the molecule is O=C1OC2(CCNC2)CN1c1ccccc1O. The van der Waals surface area contributed by atoms with Crippen LogP contribution in [0.1, 0.15) is 6.42 Å². The fourth-order valence-electron chi connectivity index (χ4n) is 2.44. The Morgan fingerprint density at radius 2 is 2.24 bits per heavy atom. The molecule has 0 aliphatic carbocycles. The van der Waals surface area contributed by atoms with Crippen molar-refractivity contribution in [2.75, 3.05) is 24.5 Å². The van der Waals surface area contributed by atoms with E-state index in [1.165, 1.54) is 4.90 Å². The van der Waals surface area contributed by atoms with Gasteiger partial charge in [0.1, 0.15) is 11.4 Å². The first-order valence-electron chi connectivity index (χ1n) is 5.69. The lowest BCUT2D eigenvalue weighted by atomic mass is 10.0. The van der Waals surface area contributed by atoms with E-state index in [2.05, 4.69) is 5.32 Å². The number of hydrogen-bond acceptors (Lipinski definition) is 4. The number of anilines is 1. The summed E-state index contributed by atoms with van der Waals surface area (Å²) < 4.78 is 5.45. The zero-order chi connectivity index (χ0) is 11.9. The zero-order valence-corrected chi connectivity index (χ0v) is 9.35. The Labute approximate surface area is 99.0 Å². The normalized spacial score (nSPS) is 27.8. The highest BCUT2D eigenvalue weighted by atomic mass is 16.6. The van der Waals surface area contributed by atoms with Crippen LogP contribution in [0.5, 0.6) is 5.75 Å². The van der Waals surface area contributed by atoms with E-state index >= 15 is 0 Å². The van der Waals surface area contributed by atoms with Crippen LogP contribution < -0.4 is 10.2 Å². The molecule has 2 aliphatic heterocycles. The van der Waals surface area contributed by atoms with Crippen molar-refractivity contribution in [2.45, 2.75) is 12.0 Å². The summed E-state index contributed by atoms with van der Waals surface area (Å²) in [5.41, 5.74) is 0.0978. The number of carbonyl (C=O) groups is 1. The molecule has 0 radical (unpaired) electrons. The number of nitrogens with zero attached hydrogens (tertiary/aromatic N) is 1. The van der Waals surface area contributed by atoms with E-state index in [-0.39, 0.29) is 11.8 Å². The van der Waals surface area contributed by atoms with Gasteiger partial charge in [0.2, 0.25) is 0 Å². The van der Waals surface area contributed by atoms with Crippen molar-refractivity contribution in [3.8, 4) is 5.75 Å². The van der Waals surface area contributed by atoms with Crippen molar-refractivity contribution in [2.24, 2.45) is 0 Å². The minimum atomic E-state index is -0.417. The van der Waals surface area contributed by atoms with Crippen LogP contribution in [0.25, 0.3) is 0 Å². The molecule has 0 bridgehead atoms. The van der Waals surface area contributed by atoms with Crippen LogP contribution in [0.15, 0.2) is 24.3 Å². The number of aromatic hydroxyl groups is 1. The summed E-state index contributed by atoms with van der Waals surface area (Å²) >= 11 is 0. The lowest BCUT2D eigenvalue weighted by molar-refractivity contribution is 0.0733. The highest BCUT2D eigenvalue weighted by Gasteiger charge is 2.47. The zero-order valence-electron chi connectivity index (χ0n) is 9.35. The van der Waals surface area contributed by atoms with Crippen LogP contribution in [0, 0.1) is 0 Å². The molecular weight excluding hydrogens is 220 g/mol. The molecule has 1 spiro atoms. The molecule has 5 heteroatoms. The van der Waals surface area contributed by atoms with Gasteiger partial charge >= 0.3 is 6.09 Å². The van der Waals surface area contributed by atoms with Gasteiger partial charge in [-0.3, -0.25) is 4.90 Å². The summed E-state index contributed by atoms with van der Waals surface area (Å²) in [4.78, 5) is 13.4. The first-order chi connectivity index (χ1) is 8.20. The van der Waals surface area contributed by atoms with Crippen LogP contribution in [0.2, 0.25) is 0 Å². The first kappa shape index (κ1) is 10.4. The summed E-state index contributed by atoms with van der Waals surface area (Å²) in [7, 11) is 0. The number of para-hydroxylation sites is 2. The van der Waals surface area contributed by atoms with E-state index in [0.717, 1.165) is 13.0 Å². The molecule has 90 valence electrons. The molecule has 2 aliphatic rings. The van der Waals surface area contributed by atoms with Gasteiger partial charge in [0, 0.05) is 13.0 Å². The van der Waals surface area contributed by atoms with Gasteiger partial charge in [-0.2, -0.15) is 0 Å². The van der Waals surface area contributed by atoms with Gasteiger partial charge in [0.25, 0.3) is 0 Å². The van der Waals surface area contributed by atoms with Gasteiger partial charge in [-0.25, -0.2) is 4.79 Å². The van der Waals surface area contributed by atoms with E-state index in [1.54, 1.807) is 24.3 Å². The van der Waals surface area contributed by atoms with Crippen molar-refractivity contribution < 1.29 is 14.6 Å². The Bertz CT molecular complexity index is 455. The average molecular weight is 234 g/mol. The number of phenolic OH excluding ortho intramolecular Hbond substituents is 1. The minimum Gasteiger partial charge on any atom is -0.506 e. The summed E-state index contributed by atoms with van der Waals surface area (Å²) in [5.74, 6) is 0.104. The number of ether oxygens (including phenoxy) is 1. The Morgan fingerprint density at radius 1 is 1.41 bits per heavy atom. The largest absolute Gasteiger partial charge is 0.506 e. The Kier molecular flexibility index (Phi) is 2.22. The highest BCUT2D eigenvalue weighted by molar-refractivity contribution is 5.92. The average Bonchev–Trinajstić information content (AvgIpc) is 2.88. The molecule has 1 amide bonds. The van der Waals surface area contributed by atoms with Gasteiger partial charge in [-0.15, -0.1) is 0 Å². The fraction of sp³-hybridized carbons (Fsp3) is 0.417. The third kappa shape index (κ3) is 1.63. The smallest absolute Gasteiger partial charge is 0.415 e. The Morgan fingerprint density at radius 3 is 2.94 bits per heavy atom. The molecule has 0 saturated carbocycles. The molecule has 3 rings (SSSR count). The lowest BCUT2D eigenvalue weighted by Gasteiger charge is -2.19. The van der Waals surface area contributed by atoms with Crippen LogP contribution >= 0.6 is 0 Å². The fourth-order valence-corrected chi connectivity index (χ4v) is 2.44. The second kappa shape index (κ2) is 3.63. The van der Waals surface area contributed by atoms with Gasteiger partial charge in [0.05, 0.1) is 12.2 Å². The first-order valence-corrected chi connectivity index (χ1v) is 5.69. The van der Waals surface area contributed by atoms with Crippen LogP contribution in [-0.4, -0.2) is 36.4 Å². The van der Waals surface area contributed by atoms with E-state index < -0.39 is 5.60 Å². The number of amides is 1. The number of rotatable bonds is 1. The maximum Gasteiger partial charge on any atom is 0.415 e. The minimum absolute atomic E-state index is 0.104. The van der Waals surface area contributed by atoms with Crippen molar-refractivity contribution in [3.05, 3.63) is 24.3 Å². The molecule has 1 aromatic rings. The van der Waals surface area contributed by atoms with Crippen molar-refractivity contribution in [1.82, 2.24) is 5.32 Å². The summed E-state index contributed by atoms with van der Waals surface area (Å²) in [6, 6.07) is 6.81. The second-order valence-electron chi connectivity index (χ2n) is 4.55. The molecular formula is C12H14N2O3. The lowest BCUT2D eigenvalue weighted by Crippen LogP contribution is -2.36. The maximum atomic E-state index is 11.9. The quantitative estimate of drug-likeness (QED) is 0.763. The molecule has 2 N–H and O–H groups in total. The molecule has 2 saturated heterocycles. The van der Waals surface area contributed by atoms with Gasteiger partial charge in [0.15, 0.2) is 0 Å². The molecule has 1 unspecified atom stereocenters. The predicted molar refractivity (Wildman–Crippen MR) is 62.2 cm³/mol. The van der Waals surface area contributed by atoms with E-state index in [1.807, 2.05) is 0 Å². The molecule has 5 nitrogen and oxygen atoms in total. The second-order valence-corrected chi connectivity index (χ2v) is 4.55. The third-order valence-electron chi connectivity index (χ3n) is 3.35. The van der Waals surface area contributed by atoms with Gasteiger partial charge in [-0.1, -0.05) is 12.1 Å². The van der Waals surface area contributed by atoms with Crippen molar-refractivity contribution in [1.29, 1.82) is 0 Å². The Hall–Kier alpha value is -1.75. The summed E-state index contributed by atoms with van der Waals surface area (Å²) in [5, 5.41) is 13.0. The number of hydrogen-bond donors (Lipinski definition) is 2. The van der Waals surface area contributed by atoms with Crippen LogP contribution in [0.3, 0.4) is 0 Å². The number of carbonyl (C=O) groups excluding carboxylic acids is 1. The molecule has 1 aromatic carbocycles. The highest BCUT2D eigenvalue weighted by Crippen LogP contribution is 2.35. The monoisotopic (exact) mass is 234 g/mol. The number of benzene rings is 1. The van der Waals surface area contributed by atoms with Crippen LogP contribution in [0.4, 0.5) is 10.5 Å².